The zero-order chi connectivity index (χ0) is 16.3. The number of para-hydroxylation sites is 1. The Bertz CT molecular complexity index is 665. The van der Waals surface area contributed by atoms with Gasteiger partial charge in [0.15, 0.2) is 0 Å². The molecular weight excluding hydrogens is 314 g/mol. The van der Waals surface area contributed by atoms with E-state index in [2.05, 4.69) is 20.8 Å². The fraction of sp³-hybridized carbons (Fsp3) is 0.278. The predicted octanol–water partition coefficient (Wildman–Crippen LogP) is 5.44. The van der Waals surface area contributed by atoms with Gasteiger partial charge in [0, 0.05) is 23.3 Å². The van der Waals surface area contributed by atoms with Crippen molar-refractivity contribution in [1.82, 2.24) is 0 Å². The number of ether oxygens (including phenoxy) is 1. The van der Waals surface area contributed by atoms with Gasteiger partial charge in [-0.05, 0) is 48.0 Å². The van der Waals surface area contributed by atoms with Crippen molar-refractivity contribution in [3.05, 3.63) is 59.1 Å². The second kappa shape index (κ2) is 6.67. The van der Waals surface area contributed by atoms with Crippen molar-refractivity contribution < 1.29 is 4.74 Å². The molecule has 4 heteroatoms. The molecule has 0 aliphatic heterocycles. The van der Waals surface area contributed by atoms with Crippen LogP contribution in [0.4, 0.5) is 5.69 Å². The number of benzene rings is 2. The van der Waals surface area contributed by atoms with Crippen molar-refractivity contribution in [3.8, 4) is 5.75 Å². The minimum absolute atomic E-state index is 0.0822. The predicted molar refractivity (Wildman–Crippen MR) is 98.2 cm³/mol. The van der Waals surface area contributed by atoms with Gasteiger partial charge >= 0.3 is 0 Å². The molecule has 22 heavy (non-hydrogen) atoms. The number of halogens is 1. The molecule has 0 bridgehead atoms. The molecule has 0 saturated carbocycles. The summed E-state index contributed by atoms with van der Waals surface area (Å²) in [5.74, 6) is 0.740. The van der Waals surface area contributed by atoms with Crippen LogP contribution in [0, 0.1) is 0 Å². The van der Waals surface area contributed by atoms with Crippen molar-refractivity contribution in [1.29, 1.82) is 0 Å². The zero-order valence-corrected chi connectivity index (χ0v) is 14.8. The summed E-state index contributed by atoms with van der Waals surface area (Å²) >= 11 is 11.5. The molecular formula is C18H20ClNOS. The lowest BCUT2D eigenvalue weighted by Crippen LogP contribution is -2.30. The molecule has 2 nitrogen and oxygen atoms in total. The van der Waals surface area contributed by atoms with Crippen LogP contribution in [0.15, 0.2) is 48.5 Å². The monoisotopic (exact) mass is 333 g/mol. The number of rotatable bonds is 2. The van der Waals surface area contributed by atoms with E-state index in [-0.39, 0.29) is 5.41 Å². The van der Waals surface area contributed by atoms with Crippen LogP contribution < -0.4 is 9.64 Å². The lowest BCUT2D eigenvalue weighted by molar-refractivity contribution is 0.505. The summed E-state index contributed by atoms with van der Waals surface area (Å²) in [6, 6.07) is 15.5. The summed E-state index contributed by atoms with van der Waals surface area (Å²) in [7, 11) is 1.89. The van der Waals surface area contributed by atoms with E-state index in [4.69, 9.17) is 28.6 Å². The van der Waals surface area contributed by atoms with E-state index in [1.165, 1.54) is 0 Å². The van der Waals surface area contributed by atoms with Crippen molar-refractivity contribution in [2.24, 2.45) is 0 Å². The van der Waals surface area contributed by atoms with Gasteiger partial charge in [0.25, 0.3) is 5.17 Å². The Morgan fingerprint density at radius 3 is 2.32 bits per heavy atom. The Hall–Kier alpha value is -1.58. The number of thiocarbonyl (C=S) groups is 1. The largest absolute Gasteiger partial charge is 0.431 e. The smallest absolute Gasteiger partial charge is 0.269 e. The second-order valence-corrected chi connectivity index (χ2v) is 6.94. The van der Waals surface area contributed by atoms with Crippen molar-refractivity contribution in [3.63, 3.8) is 0 Å². The van der Waals surface area contributed by atoms with Gasteiger partial charge in [-0.2, -0.15) is 0 Å². The Balaban J connectivity index is 2.26. The van der Waals surface area contributed by atoms with Gasteiger partial charge in [0.1, 0.15) is 5.75 Å². The number of hydrogen-bond donors (Lipinski definition) is 0. The average molecular weight is 334 g/mol. The van der Waals surface area contributed by atoms with Gasteiger partial charge in [0.2, 0.25) is 0 Å². The van der Waals surface area contributed by atoms with E-state index in [1.54, 1.807) is 0 Å². The first kappa shape index (κ1) is 16.8. The Labute approximate surface area is 142 Å². The normalized spacial score (nSPS) is 11.1. The highest BCUT2D eigenvalue weighted by Crippen LogP contribution is 2.34. The molecule has 0 aliphatic rings. The maximum absolute atomic E-state index is 6.12. The SMILES string of the molecule is CN(C(=S)Oc1ccc(Cl)cc1C(C)(C)C)c1ccccc1. The molecule has 0 spiro atoms. The zero-order valence-electron chi connectivity index (χ0n) is 13.3. The fourth-order valence-electron chi connectivity index (χ4n) is 2.10. The number of hydrogen-bond acceptors (Lipinski definition) is 2. The third kappa shape index (κ3) is 3.99. The van der Waals surface area contributed by atoms with E-state index < -0.39 is 0 Å². The molecule has 0 radical (unpaired) electrons. The number of anilines is 1. The van der Waals surface area contributed by atoms with Crippen LogP contribution in [0.5, 0.6) is 5.75 Å². The van der Waals surface area contributed by atoms with Crippen LogP contribution in [0.25, 0.3) is 0 Å². The molecule has 0 heterocycles. The van der Waals surface area contributed by atoms with Crippen LogP contribution >= 0.6 is 23.8 Å². The van der Waals surface area contributed by atoms with Gasteiger partial charge in [-0.1, -0.05) is 50.6 Å². The maximum Gasteiger partial charge on any atom is 0.269 e. The molecule has 0 fully saturated rings. The minimum atomic E-state index is -0.0822. The summed E-state index contributed by atoms with van der Waals surface area (Å²) in [5.41, 5.74) is 1.93. The van der Waals surface area contributed by atoms with Gasteiger partial charge in [-0.25, -0.2) is 0 Å². The Morgan fingerprint density at radius 1 is 1.09 bits per heavy atom. The molecule has 0 aliphatic carbocycles. The summed E-state index contributed by atoms with van der Waals surface area (Å²) in [6.07, 6.45) is 0. The highest BCUT2D eigenvalue weighted by atomic mass is 35.5. The van der Waals surface area contributed by atoms with Gasteiger partial charge in [-0.15, -0.1) is 0 Å². The first-order valence-electron chi connectivity index (χ1n) is 7.09. The molecule has 0 saturated heterocycles. The second-order valence-electron chi connectivity index (χ2n) is 6.15. The molecule has 0 aromatic heterocycles. The topological polar surface area (TPSA) is 12.5 Å². The van der Waals surface area contributed by atoms with E-state index in [0.717, 1.165) is 17.0 Å². The van der Waals surface area contributed by atoms with Crippen LogP contribution in [-0.2, 0) is 5.41 Å². The van der Waals surface area contributed by atoms with Crippen LogP contribution in [0.1, 0.15) is 26.3 Å². The van der Waals surface area contributed by atoms with Crippen LogP contribution in [0.3, 0.4) is 0 Å². The minimum Gasteiger partial charge on any atom is -0.431 e. The first-order valence-corrected chi connectivity index (χ1v) is 7.88. The third-order valence-corrected chi connectivity index (χ3v) is 3.96. The maximum atomic E-state index is 6.12. The molecule has 2 aromatic carbocycles. The van der Waals surface area contributed by atoms with Crippen molar-refractivity contribution in [2.75, 3.05) is 11.9 Å². The summed E-state index contributed by atoms with van der Waals surface area (Å²) in [4.78, 5) is 1.84. The average Bonchev–Trinajstić information content (AvgIpc) is 2.48. The van der Waals surface area contributed by atoms with Crippen LogP contribution in [-0.4, -0.2) is 12.2 Å². The Kier molecular flexibility index (Phi) is 5.09. The van der Waals surface area contributed by atoms with Gasteiger partial charge in [0.05, 0.1) is 0 Å². The molecule has 0 atom stereocenters. The van der Waals surface area contributed by atoms with Gasteiger partial charge in [-0.3, -0.25) is 0 Å². The highest BCUT2D eigenvalue weighted by Gasteiger charge is 2.21. The van der Waals surface area contributed by atoms with E-state index in [1.807, 2.05) is 60.5 Å². The quantitative estimate of drug-likeness (QED) is 0.679. The lowest BCUT2D eigenvalue weighted by Gasteiger charge is -2.25. The summed E-state index contributed by atoms with van der Waals surface area (Å²) in [6.45, 7) is 6.36. The van der Waals surface area contributed by atoms with Crippen LogP contribution in [0.2, 0.25) is 5.02 Å². The van der Waals surface area contributed by atoms with E-state index >= 15 is 0 Å². The summed E-state index contributed by atoms with van der Waals surface area (Å²) < 4.78 is 5.94. The Morgan fingerprint density at radius 2 is 1.73 bits per heavy atom. The summed E-state index contributed by atoms with van der Waals surface area (Å²) in [5, 5.41) is 1.10. The molecule has 0 unspecified atom stereocenters. The van der Waals surface area contributed by atoms with E-state index in [0.29, 0.717) is 10.2 Å². The van der Waals surface area contributed by atoms with E-state index in [9.17, 15) is 0 Å². The molecule has 2 aromatic rings. The fourth-order valence-corrected chi connectivity index (χ4v) is 2.46. The molecule has 2 rings (SSSR count). The van der Waals surface area contributed by atoms with Crippen molar-refractivity contribution >= 4 is 34.7 Å². The standard InChI is InChI=1S/C18H20ClNOS/c1-18(2,3)15-12-13(19)10-11-16(15)21-17(22)20(4)14-8-6-5-7-9-14/h5-12H,1-4H3. The number of nitrogens with zero attached hydrogens (tertiary/aromatic N) is 1. The first-order chi connectivity index (χ1) is 10.3. The highest BCUT2D eigenvalue weighted by molar-refractivity contribution is 7.80. The molecule has 0 N–H and O–H groups in total. The molecule has 0 amide bonds. The van der Waals surface area contributed by atoms with Crippen molar-refractivity contribution in [2.45, 2.75) is 26.2 Å². The molecule has 116 valence electrons. The van der Waals surface area contributed by atoms with Gasteiger partial charge < -0.3 is 9.64 Å². The third-order valence-electron chi connectivity index (χ3n) is 3.36. The lowest BCUT2D eigenvalue weighted by atomic mass is 9.86.